The van der Waals surface area contributed by atoms with Crippen molar-refractivity contribution in [2.45, 2.75) is 19.9 Å². The van der Waals surface area contributed by atoms with Crippen molar-refractivity contribution in [1.82, 2.24) is 15.3 Å². The van der Waals surface area contributed by atoms with E-state index in [4.69, 9.17) is 5.73 Å². The van der Waals surface area contributed by atoms with Crippen LogP contribution in [0.2, 0.25) is 0 Å². The Morgan fingerprint density at radius 3 is 2.55 bits per heavy atom. The summed E-state index contributed by atoms with van der Waals surface area (Å²) in [4.78, 5) is 31.9. The maximum atomic E-state index is 12.3. The standard InChI is InChI=1S/C14H16N4O2/c1-8(2)11(13(15)19)18-14(20)9-4-3-5-10-12(9)17-7-6-16-10/h3-8,11H,1-2H3,(H2,15,19)(H,18,20)/t11-/m0/s1. The second-order valence-electron chi connectivity index (χ2n) is 4.83. The van der Waals surface area contributed by atoms with Crippen LogP contribution in [0.15, 0.2) is 30.6 Å². The third kappa shape index (κ3) is 2.74. The Kier molecular flexibility index (Phi) is 3.93. The van der Waals surface area contributed by atoms with Gasteiger partial charge in [0.2, 0.25) is 5.91 Å². The molecule has 2 aromatic rings. The first-order valence-electron chi connectivity index (χ1n) is 6.30. The van der Waals surface area contributed by atoms with E-state index in [0.717, 1.165) is 0 Å². The zero-order chi connectivity index (χ0) is 14.7. The van der Waals surface area contributed by atoms with Crippen molar-refractivity contribution in [1.29, 1.82) is 0 Å². The molecule has 0 aliphatic heterocycles. The third-order valence-electron chi connectivity index (χ3n) is 3.00. The minimum atomic E-state index is -0.713. The molecule has 104 valence electrons. The summed E-state index contributed by atoms with van der Waals surface area (Å²) in [5.41, 5.74) is 6.80. The molecule has 0 spiro atoms. The van der Waals surface area contributed by atoms with Gasteiger partial charge in [-0.3, -0.25) is 19.6 Å². The van der Waals surface area contributed by atoms with E-state index in [1.54, 1.807) is 24.4 Å². The van der Waals surface area contributed by atoms with Crippen LogP contribution in [0.3, 0.4) is 0 Å². The summed E-state index contributed by atoms with van der Waals surface area (Å²) in [5.74, 6) is -1.02. The smallest absolute Gasteiger partial charge is 0.254 e. The van der Waals surface area contributed by atoms with Crippen LogP contribution in [0.1, 0.15) is 24.2 Å². The van der Waals surface area contributed by atoms with Crippen molar-refractivity contribution in [3.8, 4) is 0 Å². The lowest BCUT2D eigenvalue weighted by Gasteiger charge is -2.19. The van der Waals surface area contributed by atoms with Gasteiger partial charge in [-0.2, -0.15) is 0 Å². The molecular formula is C14H16N4O2. The normalized spacial score (nSPS) is 12.3. The Labute approximate surface area is 116 Å². The van der Waals surface area contributed by atoms with Crippen molar-refractivity contribution in [2.24, 2.45) is 11.7 Å². The zero-order valence-corrected chi connectivity index (χ0v) is 11.3. The molecule has 0 saturated heterocycles. The molecule has 0 aliphatic rings. The lowest BCUT2D eigenvalue weighted by molar-refractivity contribution is -0.120. The number of carbonyl (C=O) groups is 2. The topological polar surface area (TPSA) is 98.0 Å². The number of nitrogens with one attached hydrogen (secondary N) is 1. The van der Waals surface area contributed by atoms with Crippen molar-refractivity contribution in [3.63, 3.8) is 0 Å². The maximum Gasteiger partial charge on any atom is 0.254 e. The van der Waals surface area contributed by atoms with Gasteiger partial charge >= 0.3 is 0 Å². The number of amides is 2. The molecule has 1 aromatic heterocycles. The summed E-state index contributed by atoms with van der Waals surface area (Å²) < 4.78 is 0. The SMILES string of the molecule is CC(C)[C@H](NC(=O)c1cccc2nccnc12)C(N)=O. The molecule has 6 heteroatoms. The minimum absolute atomic E-state index is 0.0856. The summed E-state index contributed by atoms with van der Waals surface area (Å²) >= 11 is 0. The van der Waals surface area contributed by atoms with Crippen LogP contribution >= 0.6 is 0 Å². The molecule has 0 saturated carbocycles. The highest BCUT2D eigenvalue weighted by atomic mass is 16.2. The summed E-state index contributed by atoms with van der Waals surface area (Å²) in [7, 11) is 0. The molecule has 1 heterocycles. The highest BCUT2D eigenvalue weighted by molar-refractivity contribution is 6.05. The Morgan fingerprint density at radius 2 is 1.90 bits per heavy atom. The fourth-order valence-corrected chi connectivity index (χ4v) is 1.96. The van der Waals surface area contributed by atoms with Gasteiger partial charge in [-0.1, -0.05) is 19.9 Å². The largest absolute Gasteiger partial charge is 0.368 e. The van der Waals surface area contributed by atoms with Crippen LogP contribution in [0.25, 0.3) is 11.0 Å². The third-order valence-corrected chi connectivity index (χ3v) is 3.00. The van der Waals surface area contributed by atoms with Crippen molar-refractivity contribution < 1.29 is 9.59 Å². The number of carbonyl (C=O) groups excluding carboxylic acids is 2. The predicted octanol–water partition coefficient (Wildman–Crippen LogP) is 0.869. The van der Waals surface area contributed by atoms with Gasteiger partial charge < -0.3 is 11.1 Å². The van der Waals surface area contributed by atoms with Crippen LogP contribution in [0, 0.1) is 5.92 Å². The Balaban J connectivity index is 2.34. The predicted molar refractivity (Wildman–Crippen MR) is 74.8 cm³/mol. The number of nitrogens with two attached hydrogens (primary N) is 1. The highest BCUT2D eigenvalue weighted by Crippen LogP contribution is 2.14. The van der Waals surface area contributed by atoms with Gasteiger partial charge in [-0.15, -0.1) is 0 Å². The lowest BCUT2D eigenvalue weighted by Crippen LogP contribution is -2.47. The molecule has 0 fully saturated rings. The van der Waals surface area contributed by atoms with Gasteiger partial charge in [-0.05, 0) is 18.1 Å². The van der Waals surface area contributed by atoms with E-state index in [1.807, 2.05) is 13.8 Å². The zero-order valence-electron chi connectivity index (χ0n) is 11.3. The Morgan fingerprint density at radius 1 is 1.20 bits per heavy atom. The van der Waals surface area contributed by atoms with Crippen LogP contribution in [-0.4, -0.2) is 27.8 Å². The van der Waals surface area contributed by atoms with E-state index >= 15 is 0 Å². The van der Waals surface area contributed by atoms with Crippen LogP contribution in [0.4, 0.5) is 0 Å². The Bertz CT molecular complexity index is 649. The number of nitrogens with zero attached hydrogens (tertiary/aromatic N) is 2. The second-order valence-corrected chi connectivity index (χ2v) is 4.83. The van der Waals surface area contributed by atoms with Gasteiger partial charge in [0.1, 0.15) is 11.6 Å². The van der Waals surface area contributed by atoms with E-state index < -0.39 is 11.9 Å². The summed E-state index contributed by atoms with van der Waals surface area (Å²) in [6, 6.07) is 4.42. The van der Waals surface area contributed by atoms with Gasteiger partial charge in [0.15, 0.2) is 0 Å². The number of benzene rings is 1. The average Bonchev–Trinajstić information content (AvgIpc) is 2.43. The fraction of sp³-hybridized carbons (Fsp3) is 0.286. The molecule has 0 radical (unpaired) electrons. The molecule has 0 aliphatic carbocycles. The molecule has 20 heavy (non-hydrogen) atoms. The van der Waals surface area contributed by atoms with E-state index in [0.29, 0.717) is 16.6 Å². The van der Waals surface area contributed by atoms with Gasteiger partial charge in [0.25, 0.3) is 5.91 Å². The molecule has 1 atom stereocenters. The molecule has 3 N–H and O–H groups in total. The molecule has 1 aromatic carbocycles. The fourth-order valence-electron chi connectivity index (χ4n) is 1.96. The molecule has 0 bridgehead atoms. The van der Waals surface area contributed by atoms with Gasteiger partial charge in [-0.25, -0.2) is 0 Å². The number of hydrogen-bond donors (Lipinski definition) is 2. The number of para-hydroxylation sites is 1. The van der Waals surface area contributed by atoms with E-state index in [1.165, 1.54) is 6.20 Å². The number of primary amides is 1. The first-order valence-corrected chi connectivity index (χ1v) is 6.30. The maximum absolute atomic E-state index is 12.3. The Hall–Kier alpha value is -2.50. The van der Waals surface area contributed by atoms with E-state index in [2.05, 4.69) is 15.3 Å². The monoisotopic (exact) mass is 272 g/mol. The number of fused-ring (bicyclic) bond motifs is 1. The van der Waals surface area contributed by atoms with Gasteiger partial charge in [0, 0.05) is 12.4 Å². The number of aromatic nitrogens is 2. The van der Waals surface area contributed by atoms with E-state index in [9.17, 15) is 9.59 Å². The molecular weight excluding hydrogens is 256 g/mol. The highest BCUT2D eigenvalue weighted by Gasteiger charge is 2.23. The molecule has 6 nitrogen and oxygen atoms in total. The van der Waals surface area contributed by atoms with Gasteiger partial charge in [0.05, 0.1) is 11.1 Å². The summed E-state index contributed by atoms with van der Waals surface area (Å²) in [6.45, 7) is 3.64. The first-order chi connectivity index (χ1) is 9.50. The van der Waals surface area contributed by atoms with Crippen molar-refractivity contribution in [3.05, 3.63) is 36.2 Å². The van der Waals surface area contributed by atoms with Crippen LogP contribution < -0.4 is 11.1 Å². The minimum Gasteiger partial charge on any atom is -0.368 e. The molecule has 0 unspecified atom stereocenters. The quantitative estimate of drug-likeness (QED) is 0.862. The average molecular weight is 272 g/mol. The van der Waals surface area contributed by atoms with Crippen molar-refractivity contribution in [2.75, 3.05) is 0 Å². The summed E-state index contributed by atoms with van der Waals surface area (Å²) in [5, 5.41) is 2.64. The summed E-state index contributed by atoms with van der Waals surface area (Å²) in [6.07, 6.45) is 3.08. The molecule has 2 amide bonds. The number of rotatable bonds is 4. The lowest BCUT2D eigenvalue weighted by atomic mass is 10.0. The van der Waals surface area contributed by atoms with Crippen LogP contribution in [-0.2, 0) is 4.79 Å². The van der Waals surface area contributed by atoms with Crippen molar-refractivity contribution >= 4 is 22.8 Å². The second kappa shape index (κ2) is 5.64. The van der Waals surface area contributed by atoms with E-state index in [-0.39, 0.29) is 11.8 Å². The van der Waals surface area contributed by atoms with Crippen LogP contribution in [0.5, 0.6) is 0 Å². The number of hydrogen-bond acceptors (Lipinski definition) is 4. The molecule has 2 rings (SSSR count). The first kappa shape index (κ1) is 13.9.